The fourth-order valence-corrected chi connectivity index (χ4v) is 2.65. The molecular weight excluding hydrogens is 301 g/mol. The van der Waals surface area contributed by atoms with Gasteiger partial charge in [-0.1, -0.05) is 12.1 Å². The molecule has 0 saturated heterocycles. The lowest BCUT2D eigenvalue weighted by molar-refractivity contribution is -0.947. The highest BCUT2D eigenvalue weighted by Crippen LogP contribution is 2.16. The SMILES string of the molecule is O=c1ccc([N+](=O)[O-])cn1C[NH+](Cc1ccc(F)cc1)C1CC1. The van der Waals surface area contributed by atoms with E-state index in [1.54, 1.807) is 12.1 Å². The van der Waals surface area contributed by atoms with Crippen molar-refractivity contribution in [3.63, 3.8) is 0 Å². The van der Waals surface area contributed by atoms with Crippen molar-refractivity contribution in [3.8, 4) is 0 Å². The summed E-state index contributed by atoms with van der Waals surface area (Å²) in [5, 5.41) is 10.9. The Morgan fingerprint density at radius 2 is 1.91 bits per heavy atom. The molecule has 6 nitrogen and oxygen atoms in total. The molecule has 1 saturated carbocycles. The van der Waals surface area contributed by atoms with Crippen LogP contribution in [0.1, 0.15) is 18.4 Å². The molecule has 1 fully saturated rings. The Kier molecular flexibility index (Phi) is 4.20. The Labute approximate surface area is 131 Å². The van der Waals surface area contributed by atoms with Crippen molar-refractivity contribution in [2.45, 2.75) is 32.1 Å². The second-order valence-corrected chi connectivity index (χ2v) is 5.85. The van der Waals surface area contributed by atoms with Crippen molar-refractivity contribution in [1.29, 1.82) is 0 Å². The summed E-state index contributed by atoms with van der Waals surface area (Å²) in [5.41, 5.74) is 0.626. The summed E-state index contributed by atoms with van der Waals surface area (Å²) in [6, 6.07) is 9.17. The average Bonchev–Trinajstić information content (AvgIpc) is 3.35. The van der Waals surface area contributed by atoms with Crippen molar-refractivity contribution in [2.24, 2.45) is 0 Å². The van der Waals surface area contributed by atoms with E-state index in [0.29, 0.717) is 19.3 Å². The Balaban J connectivity index is 1.80. The second-order valence-electron chi connectivity index (χ2n) is 5.85. The maximum Gasteiger partial charge on any atom is 0.285 e. The number of hydrogen-bond donors (Lipinski definition) is 1. The number of pyridine rings is 1. The van der Waals surface area contributed by atoms with Gasteiger partial charge in [-0.25, -0.2) is 4.39 Å². The molecule has 1 unspecified atom stereocenters. The minimum absolute atomic E-state index is 0.0958. The first-order valence-electron chi connectivity index (χ1n) is 7.47. The van der Waals surface area contributed by atoms with Crippen LogP contribution in [0, 0.1) is 15.9 Å². The van der Waals surface area contributed by atoms with Gasteiger partial charge in [-0.15, -0.1) is 0 Å². The number of aromatic nitrogens is 1. The van der Waals surface area contributed by atoms with Gasteiger partial charge in [0.15, 0.2) is 6.67 Å². The third-order valence-electron chi connectivity index (χ3n) is 4.05. The van der Waals surface area contributed by atoms with Crippen LogP contribution in [-0.2, 0) is 13.2 Å². The summed E-state index contributed by atoms with van der Waals surface area (Å²) in [7, 11) is 0. The van der Waals surface area contributed by atoms with Crippen LogP contribution in [0.3, 0.4) is 0 Å². The predicted molar refractivity (Wildman–Crippen MR) is 81.4 cm³/mol. The minimum atomic E-state index is -0.507. The second kappa shape index (κ2) is 6.29. The summed E-state index contributed by atoms with van der Waals surface area (Å²) in [6.45, 7) is 1.02. The molecule has 1 atom stereocenters. The highest BCUT2D eigenvalue weighted by molar-refractivity contribution is 5.24. The van der Waals surface area contributed by atoms with Gasteiger partial charge in [0.2, 0.25) is 0 Å². The molecule has 0 radical (unpaired) electrons. The van der Waals surface area contributed by atoms with E-state index in [1.165, 1.54) is 35.0 Å². The van der Waals surface area contributed by atoms with E-state index in [2.05, 4.69) is 0 Å². The molecule has 23 heavy (non-hydrogen) atoms. The Morgan fingerprint density at radius 1 is 1.22 bits per heavy atom. The number of nitro groups is 1. The third kappa shape index (κ3) is 3.81. The van der Waals surface area contributed by atoms with Gasteiger partial charge in [0, 0.05) is 30.5 Å². The summed E-state index contributed by atoms with van der Waals surface area (Å²) in [6.07, 6.45) is 3.43. The normalized spacial score (nSPS) is 15.3. The molecule has 0 spiro atoms. The number of hydrogen-bond acceptors (Lipinski definition) is 3. The van der Waals surface area contributed by atoms with Crippen LogP contribution >= 0.6 is 0 Å². The zero-order valence-corrected chi connectivity index (χ0v) is 12.4. The van der Waals surface area contributed by atoms with E-state index in [-0.39, 0.29) is 17.1 Å². The maximum atomic E-state index is 13.0. The summed E-state index contributed by atoms with van der Waals surface area (Å²) < 4.78 is 14.4. The lowest BCUT2D eigenvalue weighted by Crippen LogP contribution is -3.11. The Bertz CT molecular complexity index is 769. The smallest absolute Gasteiger partial charge is 0.285 e. The molecule has 0 aliphatic heterocycles. The van der Waals surface area contributed by atoms with Gasteiger partial charge in [-0.05, 0) is 12.1 Å². The van der Waals surface area contributed by atoms with Crippen LogP contribution in [0.5, 0.6) is 0 Å². The quantitative estimate of drug-likeness (QED) is 0.640. The maximum absolute atomic E-state index is 13.0. The summed E-state index contributed by atoms with van der Waals surface area (Å²) in [4.78, 5) is 23.5. The zero-order valence-electron chi connectivity index (χ0n) is 12.4. The molecule has 1 N–H and O–H groups in total. The fraction of sp³-hybridized carbons (Fsp3) is 0.312. The van der Waals surface area contributed by atoms with Gasteiger partial charge < -0.3 is 4.90 Å². The van der Waals surface area contributed by atoms with Gasteiger partial charge in [0.05, 0.1) is 17.2 Å². The Hall–Kier alpha value is -2.54. The van der Waals surface area contributed by atoms with Crippen molar-refractivity contribution in [3.05, 3.63) is 74.4 Å². The van der Waals surface area contributed by atoms with Gasteiger partial charge >= 0.3 is 0 Å². The largest absolute Gasteiger partial charge is 0.311 e. The van der Waals surface area contributed by atoms with Crippen molar-refractivity contribution in [2.75, 3.05) is 0 Å². The molecule has 1 aromatic carbocycles. The molecule has 1 aliphatic carbocycles. The molecule has 2 aromatic rings. The highest BCUT2D eigenvalue weighted by Gasteiger charge is 2.33. The van der Waals surface area contributed by atoms with Gasteiger partial charge in [-0.3, -0.25) is 19.5 Å². The molecule has 120 valence electrons. The number of quaternary nitrogens is 1. The van der Waals surface area contributed by atoms with Crippen LogP contribution in [0.4, 0.5) is 10.1 Å². The number of rotatable bonds is 6. The minimum Gasteiger partial charge on any atom is -0.311 e. The number of benzene rings is 1. The third-order valence-corrected chi connectivity index (χ3v) is 4.05. The van der Waals surface area contributed by atoms with Gasteiger partial charge in [0.1, 0.15) is 12.4 Å². The molecule has 7 heteroatoms. The molecule has 1 aromatic heterocycles. The lowest BCUT2D eigenvalue weighted by atomic mass is 10.2. The number of nitrogens with zero attached hydrogens (tertiary/aromatic N) is 2. The van der Waals surface area contributed by atoms with E-state index >= 15 is 0 Å². The molecule has 0 bridgehead atoms. The van der Waals surface area contributed by atoms with Crippen LogP contribution in [0.15, 0.2) is 47.4 Å². The van der Waals surface area contributed by atoms with E-state index in [1.807, 2.05) is 0 Å². The molecule has 1 aliphatic rings. The Morgan fingerprint density at radius 3 is 2.52 bits per heavy atom. The van der Waals surface area contributed by atoms with Crippen molar-refractivity contribution < 1.29 is 14.2 Å². The van der Waals surface area contributed by atoms with Crippen LogP contribution in [0.2, 0.25) is 0 Å². The fourth-order valence-electron chi connectivity index (χ4n) is 2.65. The molecular formula is C16H17FN3O3+. The average molecular weight is 318 g/mol. The van der Waals surface area contributed by atoms with Crippen LogP contribution < -0.4 is 10.5 Å². The first-order valence-corrected chi connectivity index (χ1v) is 7.47. The van der Waals surface area contributed by atoms with E-state index in [4.69, 9.17) is 0 Å². The number of halogens is 1. The molecule has 3 rings (SSSR count). The molecule has 1 heterocycles. The predicted octanol–water partition coefficient (Wildman–Crippen LogP) is 1.10. The highest BCUT2D eigenvalue weighted by atomic mass is 19.1. The van der Waals surface area contributed by atoms with Crippen molar-refractivity contribution >= 4 is 5.69 Å². The first-order chi connectivity index (χ1) is 11.0. The van der Waals surface area contributed by atoms with E-state index in [9.17, 15) is 19.3 Å². The summed E-state index contributed by atoms with van der Waals surface area (Å²) >= 11 is 0. The molecule has 0 amide bonds. The number of nitrogens with one attached hydrogen (secondary N) is 1. The van der Waals surface area contributed by atoms with Gasteiger partial charge in [-0.2, -0.15) is 0 Å². The van der Waals surface area contributed by atoms with E-state index < -0.39 is 4.92 Å². The first kappa shape index (κ1) is 15.4. The lowest BCUT2D eigenvalue weighted by Gasteiger charge is -2.20. The standard InChI is InChI=1S/C16H16FN3O3/c17-13-3-1-12(2-4-13)9-18(14-5-6-14)11-19-10-15(20(22)23)7-8-16(19)21/h1-4,7-8,10,14H,5-6,9,11H2/p+1. The zero-order chi connectivity index (χ0) is 16.4. The van der Waals surface area contributed by atoms with Crippen molar-refractivity contribution in [1.82, 2.24) is 4.57 Å². The summed E-state index contributed by atoms with van der Waals surface area (Å²) in [5.74, 6) is -0.281. The van der Waals surface area contributed by atoms with Crippen LogP contribution in [-0.4, -0.2) is 15.5 Å². The monoisotopic (exact) mass is 318 g/mol. The van der Waals surface area contributed by atoms with Gasteiger partial charge in [0.25, 0.3) is 11.2 Å². The topological polar surface area (TPSA) is 69.6 Å². The van der Waals surface area contributed by atoms with E-state index in [0.717, 1.165) is 23.3 Å². The van der Waals surface area contributed by atoms with Crippen LogP contribution in [0.25, 0.3) is 0 Å².